The monoisotopic (exact) mass is 283 g/mol. The van der Waals surface area contributed by atoms with E-state index in [-0.39, 0.29) is 23.9 Å². The Morgan fingerprint density at radius 3 is 2.57 bits per heavy atom. The molecule has 0 radical (unpaired) electrons. The second kappa shape index (κ2) is 4.74. The zero-order valence-electron chi connectivity index (χ0n) is 11.7. The first-order valence-corrected chi connectivity index (χ1v) is 7.38. The van der Waals surface area contributed by atoms with Crippen molar-refractivity contribution < 1.29 is 14.6 Å². The number of fused-ring (bicyclic) bond motifs is 3. The largest absolute Gasteiger partial charge is 0.506 e. The summed E-state index contributed by atoms with van der Waals surface area (Å²) < 4.78 is 5.76. The molecule has 4 heteroatoms. The number of ether oxygens (including phenoxy) is 1. The van der Waals surface area contributed by atoms with Crippen LogP contribution in [0, 0.1) is 0 Å². The number of aromatic hydroxyl groups is 1. The average Bonchev–Trinajstić information content (AvgIpc) is 2.85. The lowest BCUT2D eigenvalue weighted by Crippen LogP contribution is -2.45. The summed E-state index contributed by atoms with van der Waals surface area (Å²) in [6.07, 6.45) is 2.38. The summed E-state index contributed by atoms with van der Waals surface area (Å²) in [6.45, 7) is 1.25. The van der Waals surface area contributed by atoms with Crippen molar-refractivity contribution in [2.75, 3.05) is 13.1 Å². The first-order valence-electron chi connectivity index (χ1n) is 7.38. The van der Waals surface area contributed by atoms with Crippen LogP contribution in [0.4, 0.5) is 0 Å². The molecule has 1 N–H and O–H groups in total. The van der Waals surface area contributed by atoms with Gasteiger partial charge in [0.05, 0.1) is 17.8 Å². The number of carbonyl (C=O) groups excluding carboxylic acids is 1. The van der Waals surface area contributed by atoms with Crippen LogP contribution in [-0.4, -0.2) is 41.2 Å². The van der Waals surface area contributed by atoms with Gasteiger partial charge in [-0.3, -0.25) is 4.79 Å². The minimum Gasteiger partial charge on any atom is -0.506 e. The van der Waals surface area contributed by atoms with Crippen molar-refractivity contribution in [1.29, 1.82) is 0 Å². The molecular formula is C17H17NO3. The third-order valence-electron chi connectivity index (χ3n) is 4.46. The van der Waals surface area contributed by atoms with Gasteiger partial charge in [-0.1, -0.05) is 30.3 Å². The highest BCUT2D eigenvalue weighted by Gasteiger charge is 2.36. The molecule has 2 bridgehead atoms. The highest BCUT2D eigenvalue weighted by Crippen LogP contribution is 2.32. The molecule has 4 rings (SSSR count). The normalized spacial score (nSPS) is 24.5. The lowest BCUT2D eigenvalue weighted by molar-refractivity contribution is -0.0304. The number of morpholine rings is 1. The van der Waals surface area contributed by atoms with Gasteiger partial charge in [0.1, 0.15) is 5.75 Å². The first-order chi connectivity index (χ1) is 10.2. The summed E-state index contributed by atoms with van der Waals surface area (Å²) in [6, 6.07) is 11.2. The minimum atomic E-state index is -0.0987. The number of rotatable bonds is 1. The van der Waals surface area contributed by atoms with E-state index in [4.69, 9.17) is 4.74 Å². The maximum absolute atomic E-state index is 12.7. The molecule has 2 aromatic carbocycles. The minimum absolute atomic E-state index is 0.0805. The molecule has 4 nitrogen and oxygen atoms in total. The summed E-state index contributed by atoms with van der Waals surface area (Å²) >= 11 is 0. The van der Waals surface area contributed by atoms with Crippen LogP contribution in [0.15, 0.2) is 36.4 Å². The van der Waals surface area contributed by atoms with E-state index >= 15 is 0 Å². The first kappa shape index (κ1) is 12.7. The fourth-order valence-electron chi connectivity index (χ4n) is 3.38. The number of likely N-dealkylation sites (tertiary alicyclic amines) is 1. The molecule has 0 aromatic heterocycles. The summed E-state index contributed by atoms with van der Waals surface area (Å²) in [7, 11) is 0. The molecule has 2 heterocycles. The molecule has 0 aliphatic carbocycles. The van der Waals surface area contributed by atoms with Crippen LogP contribution in [0.5, 0.6) is 5.75 Å². The summed E-state index contributed by atoms with van der Waals surface area (Å²) in [5, 5.41) is 12.1. The van der Waals surface area contributed by atoms with Crippen LogP contribution in [-0.2, 0) is 4.74 Å². The highest BCUT2D eigenvalue weighted by molar-refractivity contribution is 6.03. The Kier molecular flexibility index (Phi) is 2.86. The van der Waals surface area contributed by atoms with Crippen molar-refractivity contribution in [1.82, 2.24) is 4.90 Å². The van der Waals surface area contributed by atoms with Gasteiger partial charge in [-0.15, -0.1) is 0 Å². The van der Waals surface area contributed by atoms with Crippen molar-refractivity contribution in [3.63, 3.8) is 0 Å². The maximum Gasteiger partial charge on any atom is 0.257 e. The Bertz CT molecular complexity index is 700. The van der Waals surface area contributed by atoms with Crippen LogP contribution in [0.2, 0.25) is 0 Å². The number of hydrogen-bond acceptors (Lipinski definition) is 3. The number of phenolic OH excluding ortho intramolecular Hbond substituents is 1. The van der Waals surface area contributed by atoms with E-state index in [1.54, 1.807) is 6.07 Å². The van der Waals surface area contributed by atoms with Crippen LogP contribution in [0.25, 0.3) is 10.8 Å². The Labute approximate surface area is 122 Å². The van der Waals surface area contributed by atoms with E-state index in [0.29, 0.717) is 18.7 Å². The molecule has 108 valence electrons. The summed E-state index contributed by atoms with van der Waals surface area (Å²) in [5.41, 5.74) is 0.384. The molecule has 0 spiro atoms. The number of carbonyl (C=O) groups is 1. The van der Waals surface area contributed by atoms with Crippen LogP contribution < -0.4 is 0 Å². The number of nitrogens with zero attached hydrogens (tertiary/aromatic N) is 1. The van der Waals surface area contributed by atoms with Crippen LogP contribution >= 0.6 is 0 Å². The van der Waals surface area contributed by atoms with Crippen molar-refractivity contribution in [2.24, 2.45) is 0 Å². The third-order valence-corrected chi connectivity index (χ3v) is 4.46. The second-order valence-electron chi connectivity index (χ2n) is 5.85. The fraction of sp³-hybridized carbons (Fsp3) is 0.353. The van der Waals surface area contributed by atoms with Gasteiger partial charge in [0.15, 0.2) is 0 Å². The molecule has 2 aliphatic heterocycles. The van der Waals surface area contributed by atoms with Crippen molar-refractivity contribution >= 4 is 16.7 Å². The van der Waals surface area contributed by atoms with E-state index < -0.39 is 0 Å². The van der Waals surface area contributed by atoms with E-state index in [9.17, 15) is 9.90 Å². The predicted molar refractivity (Wildman–Crippen MR) is 79.4 cm³/mol. The molecule has 2 atom stereocenters. The van der Waals surface area contributed by atoms with Crippen molar-refractivity contribution in [3.8, 4) is 5.75 Å². The molecule has 2 saturated heterocycles. The van der Waals surface area contributed by atoms with Gasteiger partial charge in [-0.05, 0) is 24.3 Å². The van der Waals surface area contributed by atoms with Gasteiger partial charge in [0.25, 0.3) is 5.91 Å². The topological polar surface area (TPSA) is 49.8 Å². The molecular weight excluding hydrogens is 266 g/mol. The quantitative estimate of drug-likeness (QED) is 0.875. The number of hydrogen-bond donors (Lipinski definition) is 1. The Morgan fingerprint density at radius 1 is 1.10 bits per heavy atom. The lowest BCUT2D eigenvalue weighted by Gasteiger charge is -2.32. The molecule has 2 unspecified atom stereocenters. The second-order valence-corrected chi connectivity index (χ2v) is 5.85. The maximum atomic E-state index is 12.7. The zero-order chi connectivity index (χ0) is 14.4. The molecule has 2 aromatic rings. The summed E-state index contributed by atoms with van der Waals surface area (Å²) in [4.78, 5) is 14.5. The van der Waals surface area contributed by atoms with E-state index in [1.807, 2.05) is 35.2 Å². The molecule has 1 amide bonds. The van der Waals surface area contributed by atoms with Crippen LogP contribution in [0.3, 0.4) is 0 Å². The average molecular weight is 283 g/mol. The zero-order valence-corrected chi connectivity index (χ0v) is 11.7. The van der Waals surface area contributed by atoms with Crippen molar-refractivity contribution in [3.05, 3.63) is 42.0 Å². The molecule has 2 fully saturated rings. The van der Waals surface area contributed by atoms with Crippen molar-refractivity contribution in [2.45, 2.75) is 25.0 Å². The van der Waals surface area contributed by atoms with Gasteiger partial charge >= 0.3 is 0 Å². The third kappa shape index (κ3) is 2.07. The van der Waals surface area contributed by atoms with Gasteiger partial charge in [-0.25, -0.2) is 0 Å². The van der Waals surface area contributed by atoms with Gasteiger partial charge in [0.2, 0.25) is 0 Å². The number of amides is 1. The van der Waals surface area contributed by atoms with E-state index in [1.165, 1.54) is 0 Å². The standard InChI is InChI=1S/C17H17NO3/c19-16-14-4-2-1-3-11(14)5-8-15(16)17(20)18-9-12-6-7-13(10-18)21-12/h1-5,8,12-13,19H,6-7,9-10H2. The van der Waals surface area contributed by atoms with Gasteiger partial charge in [-0.2, -0.15) is 0 Å². The highest BCUT2D eigenvalue weighted by atomic mass is 16.5. The Hall–Kier alpha value is -2.07. The number of benzene rings is 2. The van der Waals surface area contributed by atoms with Gasteiger partial charge in [0, 0.05) is 18.5 Å². The van der Waals surface area contributed by atoms with E-state index in [0.717, 1.165) is 23.6 Å². The predicted octanol–water partition coefficient (Wildman–Crippen LogP) is 2.55. The smallest absolute Gasteiger partial charge is 0.257 e. The molecule has 21 heavy (non-hydrogen) atoms. The number of phenols is 1. The fourth-order valence-corrected chi connectivity index (χ4v) is 3.38. The summed E-state index contributed by atoms with van der Waals surface area (Å²) in [5.74, 6) is -0.0182. The Morgan fingerprint density at radius 2 is 1.81 bits per heavy atom. The van der Waals surface area contributed by atoms with E-state index in [2.05, 4.69) is 0 Å². The van der Waals surface area contributed by atoms with Gasteiger partial charge < -0.3 is 14.7 Å². The molecule has 0 saturated carbocycles. The Balaban J connectivity index is 1.69. The SMILES string of the molecule is O=C(c1ccc2ccccc2c1O)N1CC2CCC(C1)O2. The molecule has 2 aliphatic rings. The lowest BCUT2D eigenvalue weighted by atomic mass is 10.0. The van der Waals surface area contributed by atoms with Crippen LogP contribution in [0.1, 0.15) is 23.2 Å².